The molecule has 0 unspecified atom stereocenters. The number of anilines is 1. The van der Waals surface area contributed by atoms with Crippen molar-refractivity contribution in [3.63, 3.8) is 0 Å². The molecule has 0 saturated carbocycles. The van der Waals surface area contributed by atoms with Gasteiger partial charge in [0.2, 0.25) is 0 Å². The van der Waals surface area contributed by atoms with Gasteiger partial charge in [-0.3, -0.25) is 4.72 Å². The van der Waals surface area contributed by atoms with Crippen molar-refractivity contribution >= 4 is 15.9 Å². The van der Waals surface area contributed by atoms with Crippen LogP contribution < -0.4 is 14.2 Å². The van der Waals surface area contributed by atoms with Crippen LogP contribution in [-0.4, -0.2) is 34.3 Å². The highest BCUT2D eigenvalue weighted by atomic mass is 32.2. The van der Waals surface area contributed by atoms with E-state index in [0.29, 0.717) is 23.4 Å². The lowest BCUT2D eigenvalue weighted by atomic mass is 10.2. The summed E-state index contributed by atoms with van der Waals surface area (Å²) in [7, 11) is -0.862. The van der Waals surface area contributed by atoms with E-state index < -0.39 is 10.2 Å². The second-order valence-electron chi connectivity index (χ2n) is 3.50. The molecule has 1 aromatic carbocycles. The van der Waals surface area contributed by atoms with Gasteiger partial charge in [-0.15, -0.1) is 0 Å². The fraction of sp³-hybridized carbons (Fsp3) is 0.333. The standard InChI is InChI=1S/C12H16N2O4S/c1-13-19(16,17)14-11-9-10(5-3-4-8-15)6-7-12(11)18-2/h6-7,9,13-15H,4,8H2,1-2H3. The monoisotopic (exact) mass is 284 g/mol. The lowest BCUT2D eigenvalue weighted by molar-refractivity contribution is 0.305. The first-order chi connectivity index (χ1) is 9.02. The second kappa shape index (κ2) is 6.99. The molecule has 104 valence electrons. The molecule has 0 atom stereocenters. The van der Waals surface area contributed by atoms with Crippen LogP contribution in [0.25, 0.3) is 0 Å². The number of hydrogen-bond acceptors (Lipinski definition) is 4. The van der Waals surface area contributed by atoms with Gasteiger partial charge >= 0.3 is 0 Å². The van der Waals surface area contributed by atoms with Crippen molar-refractivity contribution in [1.29, 1.82) is 0 Å². The second-order valence-corrected chi connectivity index (χ2v) is 5.12. The normalized spacial score (nSPS) is 10.5. The first kappa shape index (κ1) is 15.3. The third kappa shape index (κ3) is 4.79. The molecule has 0 aromatic heterocycles. The van der Waals surface area contributed by atoms with E-state index in [-0.39, 0.29) is 6.61 Å². The van der Waals surface area contributed by atoms with Gasteiger partial charge in [-0.1, -0.05) is 11.8 Å². The minimum atomic E-state index is -3.62. The Bertz CT molecular complexity index is 587. The first-order valence-electron chi connectivity index (χ1n) is 5.51. The number of nitrogens with one attached hydrogen (secondary N) is 2. The third-order valence-corrected chi connectivity index (χ3v) is 3.21. The fourth-order valence-corrected chi connectivity index (χ4v) is 1.83. The van der Waals surface area contributed by atoms with Gasteiger partial charge in [0, 0.05) is 19.0 Å². The summed E-state index contributed by atoms with van der Waals surface area (Å²) in [4.78, 5) is 0. The van der Waals surface area contributed by atoms with E-state index in [1.54, 1.807) is 18.2 Å². The molecular weight excluding hydrogens is 268 g/mol. The van der Waals surface area contributed by atoms with Crippen LogP contribution in [0.1, 0.15) is 12.0 Å². The highest BCUT2D eigenvalue weighted by Crippen LogP contribution is 2.25. The Morgan fingerprint density at radius 1 is 1.42 bits per heavy atom. The Morgan fingerprint density at radius 2 is 2.16 bits per heavy atom. The van der Waals surface area contributed by atoms with Crippen molar-refractivity contribution < 1.29 is 18.3 Å². The molecule has 0 amide bonds. The van der Waals surface area contributed by atoms with Gasteiger partial charge in [-0.05, 0) is 18.2 Å². The predicted octanol–water partition coefficient (Wildman–Crippen LogP) is 0.305. The predicted molar refractivity (Wildman–Crippen MR) is 73.2 cm³/mol. The van der Waals surface area contributed by atoms with Crippen LogP contribution in [0.3, 0.4) is 0 Å². The van der Waals surface area contributed by atoms with Gasteiger partial charge in [-0.2, -0.15) is 8.42 Å². The molecule has 0 saturated heterocycles. The van der Waals surface area contributed by atoms with E-state index in [1.807, 2.05) is 0 Å². The molecular formula is C12H16N2O4S. The van der Waals surface area contributed by atoms with Crippen LogP contribution in [-0.2, 0) is 10.2 Å². The highest BCUT2D eigenvalue weighted by Gasteiger charge is 2.11. The summed E-state index contributed by atoms with van der Waals surface area (Å²) in [5.41, 5.74) is 0.927. The van der Waals surface area contributed by atoms with E-state index in [9.17, 15) is 8.42 Å². The maximum absolute atomic E-state index is 11.5. The Labute approximate surface area is 113 Å². The maximum atomic E-state index is 11.5. The van der Waals surface area contributed by atoms with Crippen LogP contribution in [0.15, 0.2) is 18.2 Å². The van der Waals surface area contributed by atoms with Crippen molar-refractivity contribution in [1.82, 2.24) is 4.72 Å². The van der Waals surface area contributed by atoms with Crippen molar-refractivity contribution in [2.24, 2.45) is 0 Å². The van der Waals surface area contributed by atoms with Gasteiger partial charge < -0.3 is 9.84 Å². The van der Waals surface area contributed by atoms with E-state index in [2.05, 4.69) is 21.3 Å². The first-order valence-corrected chi connectivity index (χ1v) is 6.99. The molecule has 0 aliphatic carbocycles. The lowest BCUT2D eigenvalue weighted by Gasteiger charge is -2.11. The van der Waals surface area contributed by atoms with Crippen molar-refractivity contribution in [2.45, 2.75) is 6.42 Å². The molecule has 1 rings (SSSR count). The summed E-state index contributed by atoms with van der Waals surface area (Å²) in [6.07, 6.45) is 0.365. The number of ether oxygens (including phenoxy) is 1. The highest BCUT2D eigenvalue weighted by molar-refractivity contribution is 7.90. The molecule has 0 bridgehead atoms. The smallest absolute Gasteiger partial charge is 0.298 e. The van der Waals surface area contributed by atoms with E-state index in [1.165, 1.54) is 14.2 Å². The topological polar surface area (TPSA) is 87.7 Å². The molecule has 1 aromatic rings. The van der Waals surface area contributed by atoms with Crippen LogP contribution in [0, 0.1) is 11.8 Å². The minimum absolute atomic E-state index is 0.0115. The Hall–Kier alpha value is -1.75. The molecule has 0 fully saturated rings. The van der Waals surface area contributed by atoms with Crippen molar-refractivity contribution in [2.75, 3.05) is 25.5 Å². The van der Waals surface area contributed by atoms with Crippen LogP contribution in [0.4, 0.5) is 5.69 Å². The number of methoxy groups -OCH3 is 1. The van der Waals surface area contributed by atoms with E-state index >= 15 is 0 Å². The molecule has 0 spiro atoms. The van der Waals surface area contributed by atoms with E-state index in [4.69, 9.17) is 9.84 Å². The molecule has 7 heteroatoms. The summed E-state index contributed by atoms with van der Waals surface area (Å²) < 4.78 is 32.5. The molecule has 19 heavy (non-hydrogen) atoms. The van der Waals surface area contributed by atoms with Gasteiger partial charge in [0.15, 0.2) is 0 Å². The molecule has 0 heterocycles. The van der Waals surface area contributed by atoms with Crippen LogP contribution >= 0.6 is 0 Å². The lowest BCUT2D eigenvalue weighted by Crippen LogP contribution is -2.26. The summed E-state index contributed by atoms with van der Waals surface area (Å²) in [6, 6.07) is 4.90. The summed E-state index contributed by atoms with van der Waals surface area (Å²) in [5, 5.41) is 8.64. The Balaban J connectivity index is 3.07. The van der Waals surface area contributed by atoms with Gasteiger partial charge in [0.25, 0.3) is 10.2 Å². The Kier molecular flexibility index (Phi) is 5.63. The molecule has 0 aliphatic heterocycles. The number of aliphatic hydroxyl groups is 1. The van der Waals surface area contributed by atoms with E-state index in [0.717, 1.165) is 0 Å². The summed E-state index contributed by atoms with van der Waals surface area (Å²) in [6.45, 7) is -0.0115. The zero-order valence-electron chi connectivity index (χ0n) is 10.7. The summed E-state index contributed by atoms with van der Waals surface area (Å²) in [5.74, 6) is 5.97. The van der Waals surface area contributed by atoms with Crippen LogP contribution in [0.2, 0.25) is 0 Å². The van der Waals surface area contributed by atoms with Gasteiger partial charge in [0.05, 0.1) is 19.4 Å². The largest absolute Gasteiger partial charge is 0.495 e. The molecule has 0 aliphatic rings. The fourth-order valence-electron chi connectivity index (χ4n) is 1.28. The molecule has 6 nitrogen and oxygen atoms in total. The maximum Gasteiger partial charge on any atom is 0.298 e. The quantitative estimate of drug-likeness (QED) is 0.679. The van der Waals surface area contributed by atoms with Gasteiger partial charge in [-0.25, -0.2) is 4.72 Å². The zero-order chi connectivity index (χ0) is 14.3. The Morgan fingerprint density at radius 3 is 2.74 bits per heavy atom. The average Bonchev–Trinajstić information content (AvgIpc) is 2.39. The van der Waals surface area contributed by atoms with Crippen molar-refractivity contribution in [3.8, 4) is 17.6 Å². The van der Waals surface area contributed by atoms with Crippen LogP contribution in [0.5, 0.6) is 5.75 Å². The number of rotatable bonds is 5. The van der Waals surface area contributed by atoms with Gasteiger partial charge in [0.1, 0.15) is 5.75 Å². The number of hydrogen-bond donors (Lipinski definition) is 3. The zero-order valence-corrected chi connectivity index (χ0v) is 11.5. The molecule has 3 N–H and O–H groups in total. The third-order valence-electron chi connectivity index (χ3n) is 2.18. The average molecular weight is 284 g/mol. The molecule has 0 radical (unpaired) electrons. The SMILES string of the molecule is CNS(=O)(=O)Nc1cc(C#CCCO)ccc1OC. The number of benzene rings is 1. The van der Waals surface area contributed by atoms with Crippen molar-refractivity contribution in [3.05, 3.63) is 23.8 Å². The number of aliphatic hydroxyl groups excluding tert-OH is 1. The minimum Gasteiger partial charge on any atom is -0.495 e. The summed E-state index contributed by atoms with van der Waals surface area (Å²) >= 11 is 0.